The Hall–Kier alpha value is -2.08. The van der Waals surface area contributed by atoms with Crippen molar-refractivity contribution in [3.05, 3.63) is 48.5 Å². The predicted molar refractivity (Wildman–Crippen MR) is 142 cm³/mol. The van der Waals surface area contributed by atoms with Crippen LogP contribution in [-0.4, -0.2) is 107 Å². The maximum Gasteiger partial charge on any atom is 0.240 e. The Labute approximate surface area is 233 Å². The lowest BCUT2D eigenvalue weighted by Gasteiger charge is -2.08. The van der Waals surface area contributed by atoms with Gasteiger partial charge in [0.05, 0.1) is 46.0 Å². The number of aliphatic hydroxyl groups excluding tert-OH is 4. The highest BCUT2D eigenvalue weighted by Crippen LogP contribution is 2.16. The molecule has 0 radical (unpaired) electrons. The van der Waals surface area contributed by atoms with Crippen molar-refractivity contribution < 1.29 is 54.1 Å². The lowest BCUT2D eigenvalue weighted by Crippen LogP contribution is -2.28. The number of rotatable bonds is 16. The minimum absolute atomic E-state index is 0.105. The van der Waals surface area contributed by atoms with E-state index >= 15 is 0 Å². The molecule has 0 unspecified atom stereocenters. The van der Waals surface area contributed by atoms with Gasteiger partial charge in [-0.25, -0.2) is 52.6 Å². The highest BCUT2D eigenvalue weighted by Gasteiger charge is 2.19. The lowest BCUT2D eigenvalue weighted by atomic mass is 10.4. The minimum Gasteiger partial charge on any atom is -0.395 e. The van der Waals surface area contributed by atoms with Crippen LogP contribution in [0.25, 0.3) is 0 Å². The maximum absolute atomic E-state index is 11.8. The molecule has 0 heterocycles. The standard InChI is InChI=1S/2C10H16N2O6S2/c13-7-5-11-19(15,16)9-1-2-10(4-3-9)20(17,18)12-6-8-14;13-6-4-11-19(15,16)9-2-1-3-10(8-9)20(17,18)12-5-7-14/h1-4,11-14H,5-8H2;1-3,8,11-14H,4-7H2. The molecule has 0 bridgehead atoms. The van der Waals surface area contributed by atoms with Crippen LogP contribution < -0.4 is 18.9 Å². The average molecular weight is 649 g/mol. The van der Waals surface area contributed by atoms with E-state index in [1.807, 2.05) is 0 Å². The third-order valence-electron chi connectivity index (χ3n) is 4.49. The van der Waals surface area contributed by atoms with Crippen molar-refractivity contribution in [2.45, 2.75) is 19.6 Å². The van der Waals surface area contributed by atoms with Crippen molar-refractivity contribution in [2.24, 2.45) is 0 Å². The molecule has 0 saturated heterocycles. The molecule has 20 heteroatoms. The molecule has 2 aromatic rings. The summed E-state index contributed by atoms with van der Waals surface area (Å²) >= 11 is 0. The largest absolute Gasteiger partial charge is 0.395 e. The fraction of sp³-hybridized carbons (Fsp3) is 0.400. The number of hydrogen-bond donors (Lipinski definition) is 8. The lowest BCUT2D eigenvalue weighted by molar-refractivity contribution is 0.300. The Morgan fingerprint density at radius 1 is 0.425 bits per heavy atom. The monoisotopic (exact) mass is 648 g/mol. The van der Waals surface area contributed by atoms with Gasteiger partial charge < -0.3 is 20.4 Å². The van der Waals surface area contributed by atoms with Gasteiger partial charge in [-0.1, -0.05) is 6.07 Å². The van der Waals surface area contributed by atoms with Crippen molar-refractivity contribution in [3.8, 4) is 0 Å². The van der Waals surface area contributed by atoms with E-state index in [1.165, 1.54) is 18.2 Å². The first kappa shape index (κ1) is 35.9. The molecule has 0 aromatic heterocycles. The second-order valence-corrected chi connectivity index (χ2v) is 14.5. The first-order valence-electron chi connectivity index (χ1n) is 11.3. The Bertz CT molecular complexity index is 1390. The van der Waals surface area contributed by atoms with Gasteiger partial charge in [-0.05, 0) is 42.5 Å². The summed E-state index contributed by atoms with van der Waals surface area (Å²) in [5, 5.41) is 34.4. The van der Waals surface area contributed by atoms with Gasteiger partial charge in [0, 0.05) is 26.2 Å². The molecule has 0 fully saturated rings. The van der Waals surface area contributed by atoms with Gasteiger partial charge in [-0.3, -0.25) is 0 Å². The Morgan fingerprint density at radius 2 is 0.675 bits per heavy atom. The van der Waals surface area contributed by atoms with Gasteiger partial charge in [0.25, 0.3) is 0 Å². The number of benzene rings is 2. The van der Waals surface area contributed by atoms with Crippen LogP contribution in [0.5, 0.6) is 0 Å². The topological polar surface area (TPSA) is 266 Å². The summed E-state index contributed by atoms with van der Waals surface area (Å²) in [6.07, 6.45) is 0. The van der Waals surface area contributed by atoms with E-state index in [0.29, 0.717) is 0 Å². The molecule has 0 aliphatic carbocycles. The summed E-state index contributed by atoms with van der Waals surface area (Å²) in [6.45, 7) is -1.98. The second-order valence-electron chi connectivity index (χ2n) is 7.43. The van der Waals surface area contributed by atoms with Gasteiger partial charge in [0.15, 0.2) is 0 Å². The molecule has 8 N–H and O–H groups in total. The molecule has 16 nitrogen and oxygen atoms in total. The number of sulfonamides is 4. The first-order chi connectivity index (χ1) is 18.7. The summed E-state index contributed by atoms with van der Waals surface area (Å²) in [6, 6.07) is 9.36. The van der Waals surface area contributed by atoms with Crippen LogP contribution >= 0.6 is 0 Å². The van der Waals surface area contributed by atoms with E-state index in [2.05, 4.69) is 18.9 Å². The Kier molecular flexibility index (Phi) is 14.7. The SMILES string of the molecule is O=S(=O)(NCCO)c1ccc(S(=O)(=O)NCCO)cc1.O=S(=O)(NCCO)c1cccc(S(=O)(=O)NCCO)c1. The van der Waals surface area contributed by atoms with E-state index in [-0.39, 0.29) is 72.2 Å². The normalized spacial score (nSPS) is 12.5. The first-order valence-corrected chi connectivity index (χ1v) is 17.2. The van der Waals surface area contributed by atoms with E-state index in [9.17, 15) is 33.7 Å². The van der Waals surface area contributed by atoms with Crippen molar-refractivity contribution in [2.75, 3.05) is 52.6 Å². The van der Waals surface area contributed by atoms with Crippen LogP contribution in [0, 0.1) is 0 Å². The zero-order valence-corrected chi connectivity index (χ0v) is 24.2. The molecule has 40 heavy (non-hydrogen) atoms. The summed E-state index contributed by atoms with van der Waals surface area (Å²) in [5.41, 5.74) is 0. The molecule has 0 amide bonds. The summed E-state index contributed by atoms with van der Waals surface area (Å²) in [7, 11) is -15.3. The molecule has 0 saturated carbocycles. The molecule has 0 atom stereocenters. The van der Waals surface area contributed by atoms with Gasteiger partial charge >= 0.3 is 0 Å². The number of nitrogens with one attached hydrogen (secondary N) is 4. The maximum atomic E-state index is 11.8. The van der Waals surface area contributed by atoms with E-state index in [0.717, 1.165) is 30.3 Å². The molecule has 2 aromatic carbocycles. The molecule has 0 spiro atoms. The van der Waals surface area contributed by atoms with Gasteiger partial charge in [-0.2, -0.15) is 0 Å². The summed E-state index contributed by atoms with van der Waals surface area (Å²) in [4.78, 5) is -0.658. The fourth-order valence-electron chi connectivity index (χ4n) is 2.66. The number of hydrogen-bond acceptors (Lipinski definition) is 12. The van der Waals surface area contributed by atoms with Crippen LogP contribution in [-0.2, 0) is 40.1 Å². The van der Waals surface area contributed by atoms with E-state index in [1.54, 1.807) is 0 Å². The van der Waals surface area contributed by atoms with Crippen molar-refractivity contribution in [1.82, 2.24) is 18.9 Å². The van der Waals surface area contributed by atoms with E-state index < -0.39 is 40.1 Å². The minimum atomic E-state index is -3.88. The average Bonchev–Trinajstić information content (AvgIpc) is 2.93. The molecule has 228 valence electrons. The van der Waals surface area contributed by atoms with Crippen LogP contribution in [0.2, 0.25) is 0 Å². The second kappa shape index (κ2) is 16.4. The van der Waals surface area contributed by atoms with Crippen molar-refractivity contribution in [1.29, 1.82) is 0 Å². The van der Waals surface area contributed by atoms with Crippen LogP contribution in [0.4, 0.5) is 0 Å². The Balaban J connectivity index is 0.000000400. The van der Waals surface area contributed by atoms with E-state index in [4.69, 9.17) is 20.4 Å². The Morgan fingerprint density at radius 3 is 0.925 bits per heavy atom. The third-order valence-corrected chi connectivity index (χ3v) is 10.4. The predicted octanol–water partition coefficient (Wildman–Crippen LogP) is -3.54. The summed E-state index contributed by atoms with van der Waals surface area (Å²) in [5.74, 6) is 0. The van der Waals surface area contributed by atoms with Gasteiger partial charge in [0.2, 0.25) is 40.1 Å². The zero-order chi connectivity index (χ0) is 30.5. The van der Waals surface area contributed by atoms with Crippen molar-refractivity contribution >= 4 is 40.1 Å². The molecular formula is C20H32N4O12S4. The van der Waals surface area contributed by atoms with Gasteiger partial charge in [-0.15, -0.1) is 0 Å². The third kappa shape index (κ3) is 11.4. The quantitative estimate of drug-likeness (QED) is 0.0880. The van der Waals surface area contributed by atoms with Gasteiger partial charge in [0.1, 0.15) is 0 Å². The highest BCUT2D eigenvalue weighted by atomic mass is 32.2. The van der Waals surface area contributed by atoms with Crippen LogP contribution in [0.1, 0.15) is 0 Å². The molecular weight excluding hydrogens is 617 g/mol. The molecule has 0 aliphatic rings. The van der Waals surface area contributed by atoms with Crippen molar-refractivity contribution in [3.63, 3.8) is 0 Å². The zero-order valence-electron chi connectivity index (χ0n) is 21.0. The highest BCUT2D eigenvalue weighted by molar-refractivity contribution is 7.90. The molecule has 0 aliphatic heterocycles. The number of aliphatic hydroxyl groups is 4. The molecule has 2 rings (SSSR count). The van der Waals surface area contributed by atoms with Crippen LogP contribution in [0.3, 0.4) is 0 Å². The van der Waals surface area contributed by atoms with Crippen LogP contribution in [0.15, 0.2) is 68.1 Å². The fourth-order valence-corrected chi connectivity index (χ4v) is 6.91. The smallest absolute Gasteiger partial charge is 0.240 e. The summed E-state index contributed by atoms with van der Waals surface area (Å²) < 4.78 is 103.